The first-order valence-corrected chi connectivity index (χ1v) is 7.47. The van der Waals surface area contributed by atoms with Gasteiger partial charge in [0, 0.05) is 18.2 Å². The third kappa shape index (κ3) is 1.84. The fraction of sp³-hybridized carbons (Fsp3) is 0.625. The van der Waals surface area contributed by atoms with Gasteiger partial charge in [-0.15, -0.1) is 0 Å². The zero-order chi connectivity index (χ0) is 13.9. The van der Waals surface area contributed by atoms with Crippen LogP contribution in [0.4, 0.5) is 18.9 Å². The third-order valence-electron chi connectivity index (χ3n) is 5.60. The van der Waals surface area contributed by atoms with Crippen LogP contribution < -0.4 is 5.32 Å². The summed E-state index contributed by atoms with van der Waals surface area (Å²) >= 11 is 0. The monoisotopic (exact) mass is 281 g/mol. The van der Waals surface area contributed by atoms with Crippen molar-refractivity contribution in [3.63, 3.8) is 0 Å². The Kier molecular flexibility index (Phi) is 2.60. The van der Waals surface area contributed by atoms with Gasteiger partial charge in [0.25, 0.3) is 0 Å². The number of anilines is 1. The predicted octanol–water partition coefficient (Wildman–Crippen LogP) is 4.65. The second kappa shape index (κ2) is 4.15. The van der Waals surface area contributed by atoms with Crippen LogP contribution in [0.15, 0.2) is 18.2 Å². The average molecular weight is 281 g/mol. The first kappa shape index (κ1) is 12.5. The number of halogens is 3. The number of hydrogen-bond acceptors (Lipinski definition) is 1. The lowest BCUT2D eigenvalue weighted by atomic mass is 9.77. The van der Waals surface area contributed by atoms with Crippen molar-refractivity contribution in [2.24, 2.45) is 17.8 Å². The van der Waals surface area contributed by atoms with Gasteiger partial charge < -0.3 is 5.32 Å². The van der Waals surface area contributed by atoms with Gasteiger partial charge in [-0.05, 0) is 60.8 Å². The Morgan fingerprint density at radius 1 is 1.10 bits per heavy atom. The molecule has 0 radical (unpaired) electrons. The van der Waals surface area contributed by atoms with Crippen LogP contribution in [0.5, 0.6) is 0 Å². The number of hydrogen-bond donors (Lipinski definition) is 1. The van der Waals surface area contributed by atoms with Gasteiger partial charge in [0.05, 0.1) is 5.56 Å². The van der Waals surface area contributed by atoms with Crippen molar-refractivity contribution in [3.8, 4) is 0 Å². The van der Waals surface area contributed by atoms with E-state index in [1.807, 2.05) is 0 Å². The minimum atomic E-state index is -4.24. The summed E-state index contributed by atoms with van der Waals surface area (Å²) in [7, 11) is 0. The summed E-state index contributed by atoms with van der Waals surface area (Å²) < 4.78 is 38.7. The molecule has 4 unspecified atom stereocenters. The molecule has 1 aliphatic heterocycles. The van der Waals surface area contributed by atoms with E-state index in [9.17, 15) is 13.2 Å². The Bertz CT molecular complexity index is 537. The zero-order valence-corrected chi connectivity index (χ0v) is 11.2. The Labute approximate surface area is 116 Å². The largest absolute Gasteiger partial charge is 0.416 e. The normalized spacial score (nSPS) is 35.1. The molecule has 4 atom stereocenters. The molecule has 108 valence electrons. The van der Waals surface area contributed by atoms with E-state index >= 15 is 0 Å². The molecule has 3 aliphatic rings. The lowest BCUT2D eigenvalue weighted by Gasteiger charge is -2.27. The summed E-state index contributed by atoms with van der Waals surface area (Å²) in [6.07, 6.45) is 0.885. The van der Waals surface area contributed by atoms with E-state index in [2.05, 4.69) is 5.32 Å². The third-order valence-corrected chi connectivity index (χ3v) is 5.60. The second-order valence-electron chi connectivity index (χ2n) is 6.63. The molecule has 1 heterocycles. The Morgan fingerprint density at radius 2 is 1.95 bits per heavy atom. The molecule has 4 rings (SSSR count). The van der Waals surface area contributed by atoms with Crippen molar-refractivity contribution in [2.45, 2.75) is 37.8 Å². The van der Waals surface area contributed by atoms with Crippen LogP contribution in [0.3, 0.4) is 0 Å². The van der Waals surface area contributed by atoms with Crippen molar-refractivity contribution < 1.29 is 13.2 Å². The van der Waals surface area contributed by atoms with Crippen LogP contribution in [0.1, 0.15) is 42.7 Å². The fourth-order valence-corrected chi connectivity index (χ4v) is 4.71. The van der Waals surface area contributed by atoms with E-state index in [1.54, 1.807) is 6.07 Å². The van der Waals surface area contributed by atoms with Crippen LogP contribution >= 0.6 is 0 Å². The van der Waals surface area contributed by atoms with Crippen LogP contribution in [0.25, 0.3) is 0 Å². The van der Waals surface area contributed by atoms with Crippen LogP contribution in [0, 0.1) is 17.8 Å². The van der Waals surface area contributed by atoms with Crippen molar-refractivity contribution in [1.29, 1.82) is 0 Å². The summed E-state index contributed by atoms with van der Waals surface area (Å²) in [6.45, 7) is 0.810. The van der Waals surface area contributed by atoms with Gasteiger partial charge >= 0.3 is 6.18 Å². The lowest BCUT2D eigenvalue weighted by molar-refractivity contribution is -0.137. The van der Waals surface area contributed by atoms with Gasteiger partial charge in [-0.1, -0.05) is 6.42 Å². The van der Waals surface area contributed by atoms with Gasteiger partial charge in [0.15, 0.2) is 0 Å². The van der Waals surface area contributed by atoms with Gasteiger partial charge in [0.2, 0.25) is 0 Å². The summed E-state index contributed by atoms with van der Waals surface area (Å²) in [5.74, 6) is 2.45. The Hall–Kier alpha value is -1.19. The summed E-state index contributed by atoms with van der Waals surface area (Å²) in [5.41, 5.74) is 1.30. The first-order valence-electron chi connectivity index (χ1n) is 7.47. The first-order chi connectivity index (χ1) is 9.52. The maximum absolute atomic E-state index is 12.9. The molecule has 1 aromatic carbocycles. The number of alkyl halides is 3. The van der Waals surface area contributed by atoms with E-state index in [-0.39, 0.29) is 5.92 Å². The van der Waals surface area contributed by atoms with Crippen molar-refractivity contribution >= 4 is 5.69 Å². The highest BCUT2D eigenvalue weighted by Crippen LogP contribution is 2.55. The molecule has 1 N–H and O–H groups in total. The molecular formula is C16H18F3N. The molecule has 2 bridgehead atoms. The highest BCUT2D eigenvalue weighted by Gasteiger charge is 2.45. The molecule has 20 heavy (non-hydrogen) atoms. The van der Waals surface area contributed by atoms with Crippen molar-refractivity contribution in [2.75, 3.05) is 11.9 Å². The highest BCUT2D eigenvalue weighted by atomic mass is 19.4. The quantitative estimate of drug-likeness (QED) is 0.790. The van der Waals surface area contributed by atoms with Crippen LogP contribution in [-0.2, 0) is 6.18 Å². The highest BCUT2D eigenvalue weighted by molar-refractivity contribution is 5.59. The molecule has 4 heteroatoms. The molecule has 2 saturated carbocycles. The predicted molar refractivity (Wildman–Crippen MR) is 71.6 cm³/mol. The molecule has 2 aliphatic carbocycles. The van der Waals surface area contributed by atoms with Crippen molar-refractivity contribution in [1.82, 2.24) is 0 Å². The molecule has 2 fully saturated rings. The van der Waals surface area contributed by atoms with Gasteiger partial charge in [-0.3, -0.25) is 0 Å². The molecule has 0 aromatic heterocycles. The van der Waals surface area contributed by atoms with Crippen molar-refractivity contribution in [3.05, 3.63) is 29.3 Å². The van der Waals surface area contributed by atoms with E-state index in [4.69, 9.17) is 0 Å². The maximum atomic E-state index is 12.9. The topological polar surface area (TPSA) is 12.0 Å². The minimum Gasteiger partial charge on any atom is -0.384 e. The molecule has 0 saturated heterocycles. The number of benzene rings is 1. The maximum Gasteiger partial charge on any atom is 0.416 e. The second-order valence-corrected chi connectivity index (χ2v) is 6.63. The van der Waals surface area contributed by atoms with E-state index in [0.29, 0.717) is 5.92 Å². The van der Waals surface area contributed by atoms with E-state index in [1.165, 1.54) is 37.8 Å². The molecular weight excluding hydrogens is 263 g/mol. The van der Waals surface area contributed by atoms with E-state index < -0.39 is 11.7 Å². The Morgan fingerprint density at radius 3 is 2.60 bits per heavy atom. The molecule has 1 aromatic rings. The smallest absolute Gasteiger partial charge is 0.384 e. The lowest BCUT2D eigenvalue weighted by Crippen LogP contribution is -2.21. The molecule has 0 spiro atoms. The summed E-state index contributed by atoms with van der Waals surface area (Å²) in [6, 6.07) is 4.17. The van der Waals surface area contributed by atoms with Gasteiger partial charge in [-0.2, -0.15) is 13.2 Å². The minimum absolute atomic E-state index is 0.280. The number of fused-ring (bicyclic) bond motifs is 3. The Balaban J connectivity index is 1.67. The van der Waals surface area contributed by atoms with E-state index in [0.717, 1.165) is 29.6 Å². The summed E-state index contributed by atoms with van der Waals surface area (Å²) in [4.78, 5) is 0. The molecule has 1 nitrogen and oxygen atoms in total. The average Bonchev–Trinajstić information content (AvgIpc) is 3.11. The number of rotatable bonds is 1. The zero-order valence-electron chi connectivity index (χ0n) is 11.2. The van der Waals surface area contributed by atoms with Gasteiger partial charge in [0.1, 0.15) is 0 Å². The SMILES string of the molecule is FC(F)(F)c1ccc2c(c1)C(C1CC3CCC1C3)CN2. The van der Waals surface area contributed by atoms with Crippen LogP contribution in [-0.4, -0.2) is 6.54 Å². The number of nitrogens with one attached hydrogen (secondary N) is 1. The molecule has 0 amide bonds. The fourth-order valence-electron chi connectivity index (χ4n) is 4.71. The summed E-state index contributed by atoms with van der Waals surface area (Å²) in [5, 5.41) is 3.30. The van der Waals surface area contributed by atoms with Gasteiger partial charge in [-0.25, -0.2) is 0 Å². The standard InChI is InChI=1S/C16H18F3N/c17-16(18,19)11-3-4-15-13(7-11)14(8-20-15)12-6-9-1-2-10(12)5-9/h3-4,7,9-10,12,14,20H,1-2,5-6,8H2. The van der Waals surface area contributed by atoms with Crippen LogP contribution in [0.2, 0.25) is 0 Å².